The van der Waals surface area contributed by atoms with Crippen molar-refractivity contribution in [1.82, 2.24) is 5.32 Å². The van der Waals surface area contributed by atoms with E-state index in [1.165, 1.54) is 0 Å². The van der Waals surface area contributed by atoms with E-state index < -0.39 is 18.4 Å². The Labute approximate surface area is 110 Å². The first-order valence-electron chi connectivity index (χ1n) is 6.14. The van der Waals surface area contributed by atoms with E-state index in [0.717, 1.165) is 6.42 Å². The predicted molar refractivity (Wildman–Crippen MR) is 67.1 cm³/mol. The van der Waals surface area contributed by atoms with E-state index in [4.69, 9.17) is 4.74 Å². The van der Waals surface area contributed by atoms with E-state index in [1.54, 1.807) is 30.3 Å². The van der Waals surface area contributed by atoms with E-state index in [1.807, 2.05) is 6.92 Å². The molecule has 1 aromatic carbocycles. The topological polar surface area (TPSA) is 72.5 Å². The van der Waals surface area contributed by atoms with Crippen LogP contribution in [0, 0.1) is 11.8 Å². The van der Waals surface area contributed by atoms with Crippen LogP contribution in [0.1, 0.15) is 23.7 Å². The maximum atomic E-state index is 11.6. The normalized spacial score (nSPS) is 20.5. The Morgan fingerprint density at radius 3 is 2.47 bits per heavy atom. The summed E-state index contributed by atoms with van der Waals surface area (Å²) in [5.41, 5.74) is 0.387. The first-order chi connectivity index (χ1) is 9.08. The van der Waals surface area contributed by atoms with Gasteiger partial charge in [-0.3, -0.25) is 19.7 Å². The smallest absolute Gasteiger partial charge is 0.309 e. The summed E-state index contributed by atoms with van der Waals surface area (Å²) in [5.74, 6) is -1.23. The van der Waals surface area contributed by atoms with Crippen LogP contribution < -0.4 is 5.32 Å². The fourth-order valence-corrected chi connectivity index (χ4v) is 1.72. The predicted octanol–water partition coefficient (Wildman–Crippen LogP) is 1.14. The van der Waals surface area contributed by atoms with Gasteiger partial charge in [0.15, 0.2) is 6.61 Å². The van der Waals surface area contributed by atoms with Crippen LogP contribution in [-0.2, 0) is 14.3 Å². The molecule has 0 radical (unpaired) electrons. The number of hydrogen-bond donors (Lipinski definition) is 1. The largest absolute Gasteiger partial charge is 0.455 e. The van der Waals surface area contributed by atoms with Crippen molar-refractivity contribution >= 4 is 17.8 Å². The molecule has 2 amide bonds. The van der Waals surface area contributed by atoms with Crippen LogP contribution in [-0.4, -0.2) is 24.4 Å². The highest BCUT2D eigenvalue weighted by atomic mass is 16.5. The Morgan fingerprint density at radius 1 is 1.26 bits per heavy atom. The number of esters is 1. The SMILES string of the molecule is C[C@H]1C[C@@H]1C(=O)OCC(=O)NC(=O)c1ccccc1. The second-order valence-corrected chi connectivity index (χ2v) is 4.67. The van der Waals surface area contributed by atoms with E-state index in [2.05, 4.69) is 5.32 Å². The number of ether oxygens (including phenoxy) is 1. The van der Waals surface area contributed by atoms with Crippen molar-refractivity contribution in [1.29, 1.82) is 0 Å². The Hall–Kier alpha value is -2.17. The highest BCUT2D eigenvalue weighted by molar-refractivity contribution is 6.05. The first kappa shape index (κ1) is 13.3. The van der Waals surface area contributed by atoms with Crippen LogP contribution in [0.3, 0.4) is 0 Å². The van der Waals surface area contributed by atoms with Crippen LogP contribution in [0.2, 0.25) is 0 Å². The molecule has 0 bridgehead atoms. The molecular formula is C14H15NO4. The summed E-state index contributed by atoms with van der Waals surface area (Å²) in [7, 11) is 0. The van der Waals surface area contributed by atoms with E-state index in [-0.39, 0.29) is 11.9 Å². The minimum atomic E-state index is -0.615. The highest BCUT2D eigenvalue weighted by Gasteiger charge is 2.40. The molecule has 1 aliphatic rings. The average molecular weight is 261 g/mol. The van der Waals surface area contributed by atoms with Crippen molar-refractivity contribution in [3.05, 3.63) is 35.9 Å². The van der Waals surface area contributed by atoms with Crippen LogP contribution in [0.5, 0.6) is 0 Å². The van der Waals surface area contributed by atoms with Gasteiger partial charge in [-0.25, -0.2) is 0 Å². The highest BCUT2D eigenvalue weighted by Crippen LogP contribution is 2.38. The molecule has 1 fully saturated rings. The molecule has 0 spiro atoms. The number of rotatable bonds is 4. The third-order valence-electron chi connectivity index (χ3n) is 3.05. The van der Waals surface area contributed by atoms with E-state index in [0.29, 0.717) is 11.5 Å². The third kappa shape index (κ3) is 3.64. The first-order valence-corrected chi connectivity index (χ1v) is 6.14. The average Bonchev–Trinajstić information content (AvgIpc) is 3.14. The zero-order valence-corrected chi connectivity index (χ0v) is 10.6. The maximum absolute atomic E-state index is 11.6. The zero-order chi connectivity index (χ0) is 13.8. The van der Waals surface area contributed by atoms with Gasteiger partial charge < -0.3 is 4.74 Å². The fraction of sp³-hybridized carbons (Fsp3) is 0.357. The summed E-state index contributed by atoms with van der Waals surface area (Å²) in [6, 6.07) is 8.37. The maximum Gasteiger partial charge on any atom is 0.309 e. The molecule has 2 rings (SSSR count). The number of nitrogens with one attached hydrogen (secondary N) is 1. The quantitative estimate of drug-likeness (QED) is 0.825. The van der Waals surface area contributed by atoms with Gasteiger partial charge in [-0.15, -0.1) is 0 Å². The van der Waals surface area contributed by atoms with Crippen molar-refractivity contribution in [2.45, 2.75) is 13.3 Å². The molecule has 0 saturated heterocycles. The standard InChI is InChI=1S/C14H15NO4/c1-9-7-11(9)14(18)19-8-12(16)15-13(17)10-5-3-2-4-6-10/h2-6,9,11H,7-8H2,1H3,(H,15,16,17)/t9-,11-/m0/s1. The third-order valence-corrected chi connectivity index (χ3v) is 3.05. The van der Waals surface area contributed by atoms with Gasteiger partial charge in [0.25, 0.3) is 11.8 Å². The fourth-order valence-electron chi connectivity index (χ4n) is 1.72. The van der Waals surface area contributed by atoms with Crippen LogP contribution in [0.15, 0.2) is 30.3 Å². The molecule has 5 nitrogen and oxygen atoms in total. The summed E-state index contributed by atoms with van der Waals surface area (Å²) >= 11 is 0. The van der Waals surface area contributed by atoms with Crippen LogP contribution in [0.25, 0.3) is 0 Å². The lowest BCUT2D eigenvalue weighted by molar-refractivity contribution is -0.149. The molecule has 0 heterocycles. The van der Waals surface area contributed by atoms with E-state index in [9.17, 15) is 14.4 Å². The monoisotopic (exact) mass is 261 g/mol. The Bertz CT molecular complexity index is 497. The lowest BCUT2D eigenvalue weighted by atomic mass is 10.2. The molecule has 5 heteroatoms. The summed E-state index contributed by atoms with van der Waals surface area (Å²) < 4.78 is 4.83. The molecule has 2 atom stereocenters. The van der Waals surface area contributed by atoms with Gasteiger partial charge in [0.1, 0.15) is 0 Å². The van der Waals surface area contributed by atoms with Gasteiger partial charge in [0.2, 0.25) is 0 Å². The molecule has 0 unspecified atom stereocenters. The minimum Gasteiger partial charge on any atom is -0.455 e. The lowest BCUT2D eigenvalue weighted by Crippen LogP contribution is -2.34. The molecule has 1 aromatic rings. The summed E-state index contributed by atoms with van der Waals surface area (Å²) in [4.78, 5) is 34.5. The van der Waals surface area contributed by atoms with Gasteiger partial charge in [-0.05, 0) is 24.5 Å². The van der Waals surface area contributed by atoms with Crippen LogP contribution in [0.4, 0.5) is 0 Å². The summed E-state index contributed by atoms with van der Waals surface area (Å²) in [6.07, 6.45) is 0.809. The van der Waals surface area contributed by atoms with Crippen LogP contribution >= 0.6 is 0 Å². The van der Waals surface area contributed by atoms with Crippen molar-refractivity contribution in [2.24, 2.45) is 11.8 Å². The molecular weight excluding hydrogens is 246 g/mol. The van der Waals surface area contributed by atoms with Gasteiger partial charge in [0, 0.05) is 5.56 Å². The lowest BCUT2D eigenvalue weighted by Gasteiger charge is -2.05. The van der Waals surface area contributed by atoms with Crippen molar-refractivity contribution in [3.8, 4) is 0 Å². The number of carbonyl (C=O) groups excluding carboxylic acids is 3. The second kappa shape index (κ2) is 5.65. The number of benzene rings is 1. The second-order valence-electron chi connectivity index (χ2n) is 4.67. The number of carbonyl (C=O) groups is 3. The molecule has 100 valence electrons. The Balaban J connectivity index is 1.75. The number of imide groups is 1. The summed E-state index contributed by atoms with van der Waals surface area (Å²) in [5, 5.41) is 2.17. The molecule has 0 aliphatic heterocycles. The molecule has 19 heavy (non-hydrogen) atoms. The van der Waals surface area contributed by atoms with Crippen molar-refractivity contribution in [3.63, 3.8) is 0 Å². The van der Waals surface area contributed by atoms with Gasteiger partial charge >= 0.3 is 5.97 Å². The van der Waals surface area contributed by atoms with Gasteiger partial charge in [-0.1, -0.05) is 25.1 Å². The Kier molecular flexibility index (Phi) is 3.94. The zero-order valence-electron chi connectivity index (χ0n) is 10.6. The minimum absolute atomic E-state index is 0.0855. The molecule has 1 aliphatic carbocycles. The number of hydrogen-bond acceptors (Lipinski definition) is 4. The van der Waals surface area contributed by atoms with Gasteiger partial charge in [0.05, 0.1) is 5.92 Å². The Morgan fingerprint density at radius 2 is 1.89 bits per heavy atom. The summed E-state index contributed by atoms with van der Waals surface area (Å²) in [6.45, 7) is 1.53. The molecule has 1 N–H and O–H groups in total. The molecule has 1 saturated carbocycles. The molecule has 0 aromatic heterocycles. The number of amides is 2. The van der Waals surface area contributed by atoms with Crippen molar-refractivity contribution in [2.75, 3.05) is 6.61 Å². The van der Waals surface area contributed by atoms with Gasteiger partial charge in [-0.2, -0.15) is 0 Å². The van der Waals surface area contributed by atoms with E-state index >= 15 is 0 Å². The van der Waals surface area contributed by atoms with Crippen molar-refractivity contribution < 1.29 is 19.1 Å².